The van der Waals surface area contributed by atoms with Gasteiger partial charge in [-0.2, -0.15) is 0 Å². The first kappa shape index (κ1) is 17.9. The highest BCUT2D eigenvalue weighted by Gasteiger charge is 2.45. The molecule has 2 heterocycles. The number of hydrogen-bond acceptors (Lipinski definition) is 4. The fourth-order valence-electron chi connectivity index (χ4n) is 4.61. The monoisotopic (exact) mass is 366 g/mol. The van der Waals surface area contributed by atoms with Gasteiger partial charge in [0.25, 0.3) is 0 Å². The van der Waals surface area contributed by atoms with Crippen LogP contribution in [0.25, 0.3) is 0 Å². The summed E-state index contributed by atoms with van der Waals surface area (Å²) in [6.45, 7) is 2.24. The minimum Gasteiger partial charge on any atom is -0.493 e. The Morgan fingerprint density at radius 1 is 1.00 bits per heavy atom. The molecule has 27 heavy (non-hydrogen) atoms. The molecule has 142 valence electrons. The van der Waals surface area contributed by atoms with Crippen molar-refractivity contribution in [1.82, 2.24) is 9.80 Å². The molecule has 2 aliphatic heterocycles. The van der Waals surface area contributed by atoms with E-state index in [4.69, 9.17) is 9.47 Å². The van der Waals surface area contributed by atoms with E-state index in [-0.39, 0.29) is 18.1 Å². The number of carbonyl (C=O) groups is 1. The standard InChI is InChI=1S/C22H26N2O3/c1-14-10-16-11-19(26-3)20(27-4)12-17(16)18-13-21(25)23(2)22(24(14)18)15-8-6-5-7-9-15/h5-9,11-12,14,18,22H,10,13H2,1-4H3/t14-,18?,22?/m1/s1. The molecule has 0 N–H and O–H groups in total. The zero-order valence-corrected chi connectivity index (χ0v) is 16.3. The number of benzene rings is 2. The largest absolute Gasteiger partial charge is 0.493 e. The van der Waals surface area contributed by atoms with Gasteiger partial charge in [-0.15, -0.1) is 0 Å². The fraction of sp³-hybridized carbons (Fsp3) is 0.409. The van der Waals surface area contributed by atoms with Crippen molar-refractivity contribution >= 4 is 5.91 Å². The third-order valence-electron chi connectivity index (χ3n) is 5.90. The second kappa shape index (κ2) is 6.89. The lowest BCUT2D eigenvalue weighted by Crippen LogP contribution is -2.55. The maximum atomic E-state index is 12.9. The van der Waals surface area contributed by atoms with Gasteiger partial charge in [-0.25, -0.2) is 0 Å². The smallest absolute Gasteiger partial charge is 0.225 e. The molecule has 5 nitrogen and oxygen atoms in total. The molecule has 2 aromatic carbocycles. The van der Waals surface area contributed by atoms with Crippen LogP contribution >= 0.6 is 0 Å². The predicted octanol–water partition coefficient (Wildman–Crippen LogP) is 3.55. The highest BCUT2D eigenvalue weighted by atomic mass is 16.5. The van der Waals surface area contributed by atoms with E-state index in [0.29, 0.717) is 18.2 Å². The second-order valence-electron chi connectivity index (χ2n) is 7.42. The first-order valence-electron chi connectivity index (χ1n) is 9.38. The Balaban J connectivity index is 1.83. The Hall–Kier alpha value is -2.53. The van der Waals surface area contributed by atoms with Crippen LogP contribution in [0.1, 0.15) is 42.2 Å². The Labute approximate surface area is 160 Å². The van der Waals surface area contributed by atoms with E-state index >= 15 is 0 Å². The minimum absolute atomic E-state index is 0.0393. The summed E-state index contributed by atoms with van der Waals surface area (Å²) in [4.78, 5) is 17.2. The lowest BCUT2D eigenvalue weighted by molar-refractivity contribution is -0.151. The molecule has 0 bridgehead atoms. The molecule has 1 saturated heterocycles. The van der Waals surface area contributed by atoms with Crippen LogP contribution < -0.4 is 9.47 Å². The quantitative estimate of drug-likeness (QED) is 0.833. The molecule has 1 fully saturated rings. The molecule has 0 radical (unpaired) electrons. The van der Waals surface area contributed by atoms with Crippen molar-refractivity contribution in [3.8, 4) is 11.5 Å². The molecule has 3 atom stereocenters. The predicted molar refractivity (Wildman–Crippen MR) is 104 cm³/mol. The summed E-state index contributed by atoms with van der Waals surface area (Å²) in [6, 6.07) is 14.8. The molecule has 4 rings (SSSR count). The van der Waals surface area contributed by atoms with Gasteiger partial charge in [0.2, 0.25) is 5.91 Å². The van der Waals surface area contributed by atoms with E-state index in [1.807, 2.05) is 30.1 Å². The van der Waals surface area contributed by atoms with Gasteiger partial charge < -0.3 is 14.4 Å². The third-order valence-corrected chi connectivity index (χ3v) is 5.90. The van der Waals surface area contributed by atoms with Crippen molar-refractivity contribution in [2.75, 3.05) is 21.3 Å². The van der Waals surface area contributed by atoms with E-state index in [1.165, 1.54) is 11.1 Å². The molecule has 5 heteroatoms. The zero-order valence-electron chi connectivity index (χ0n) is 16.3. The number of carbonyl (C=O) groups excluding carboxylic acids is 1. The van der Waals surface area contributed by atoms with Crippen LogP contribution in [0.5, 0.6) is 11.5 Å². The SMILES string of the molecule is COc1cc2c(cc1OC)C1CC(=O)N(C)C(c3ccccc3)N1[C@H](C)C2. The molecule has 0 spiro atoms. The number of amides is 1. The molecule has 0 aliphatic carbocycles. The van der Waals surface area contributed by atoms with Gasteiger partial charge in [-0.05, 0) is 42.2 Å². The first-order valence-corrected chi connectivity index (χ1v) is 9.38. The maximum Gasteiger partial charge on any atom is 0.225 e. The van der Waals surface area contributed by atoms with Crippen molar-refractivity contribution in [3.63, 3.8) is 0 Å². The minimum atomic E-state index is -0.0614. The summed E-state index contributed by atoms with van der Waals surface area (Å²) in [6.07, 6.45) is 1.33. The zero-order chi connectivity index (χ0) is 19.1. The summed E-state index contributed by atoms with van der Waals surface area (Å²) in [5.41, 5.74) is 3.56. The summed E-state index contributed by atoms with van der Waals surface area (Å²) in [7, 11) is 5.22. The molecular weight excluding hydrogens is 340 g/mol. The molecule has 2 aromatic rings. The summed E-state index contributed by atoms with van der Waals surface area (Å²) < 4.78 is 11.0. The van der Waals surface area contributed by atoms with Crippen molar-refractivity contribution < 1.29 is 14.3 Å². The Morgan fingerprint density at radius 2 is 1.67 bits per heavy atom. The summed E-state index contributed by atoms with van der Waals surface area (Å²) in [5.74, 6) is 1.63. The van der Waals surface area contributed by atoms with Crippen LogP contribution in [0.15, 0.2) is 42.5 Å². The molecular formula is C22H26N2O3. The van der Waals surface area contributed by atoms with E-state index in [0.717, 1.165) is 17.7 Å². The molecule has 0 aromatic heterocycles. The van der Waals surface area contributed by atoms with Gasteiger partial charge in [0.05, 0.1) is 14.2 Å². The normalized spacial score (nSPS) is 25.0. The lowest BCUT2D eigenvalue weighted by atomic mass is 9.83. The molecule has 1 amide bonds. The molecule has 0 saturated carbocycles. The fourth-order valence-corrected chi connectivity index (χ4v) is 4.61. The van der Waals surface area contributed by atoms with Crippen LogP contribution in [0, 0.1) is 0 Å². The number of hydrogen-bond donors (Lipinski definition) is 0. The van der Waals surface area contributed by atoms with Gasteiger partial charge in [0.1, 0.15) is 6.17 Å². The Kier molecular flexibility index (Phi) is 4.56. The van der Waals surface area contributed by atoms with Crippen LogP contribution in [0.4, 0.5) is 0 Å². The Bertz CT molecular complexity index is 852. The third kappa shape index (κ3) is 2.86. The first-order chi connectivity index (χ1) is 13.0. The van der Waals surface area contributed by atoms with E-state index in [2.05, 4.69) is 36.1 Å². The second-order valence-corrected chi connectivity index (χ2v) is 7.42. The number of methoxy groups -OCH3 is 2. The highest BCUT2D eigenvalue weighted by Crippen LogP contribution is 2.47. The number of nitrogens with zero attached hydrogens (tertiary/aromatic N) is 2. The van der Waals surface area contributed by atoms with Crippen LogP contribution in [-0.4, -0.2) is 43.0 Å². The van der Waals surface area contributed by atoms with Gasteiger partial charge in [-0.1, -0.05) is 30.3 Å². The number of rotatable bonds is 3. The molecule has 2 unspecified atom stereocenters. The van der Waals surface area contributed by atoms with Crippen molar-refractivity contribution in [1.29, 1.82) is 0 Å². The molecule has 2 aliphatic rings. The van der Waals surface area contributed by atoms with Gasteiger partial charge in [-0.3, -0.25) is 9.69 Å². The van der Waals surface area contributed by atoms with Crippen LogP contribution in [-0.2, 0) is 11.2 Å². The number of fused-ring (bicyclic) bond motifs is 3. The van der Waals surface area contributed by atoms with Crippen LogP contribution in [0.3, 0.4) is 0 Å². The van der Waals surface area contributed by atoms with Crippen molar-refractivity contribution in [2.45, 2.75) is 38.0 Å². The van der Waals surface area contributed by atoms with E-state index in [9.17, 15) is 4.79 Å². The van der Waals surface area contributed by atoms with E-state index < -0.39 is 0 Å². The van der Waals surface area contributed by atoms with Crippen molar-refractivity contribution in [2.24, 2.45) is 0 Å². The maximum absolute atomic E-state index is 12.9. The van der Waals surface area contributed by atoms with Gasteiger partial charge in [0.15, 0.2) is 11.5 Å². The van der Waals surface area contributed by atoms with E-state index in [1.54, 1.807) is 14.2 Å². The van der Waals surface area contributed by atoms with Crippen LogP contribution in [0.2, 0.25) is 0 Å². The summed E-state index contributed by atoms with van der Waals surface area (Å²) in [5, 5.41) is 0. The van der Waals surface area contributed by atoms with Gasteiger partial charge >= 0.3 is 0 Å². The average molecular weight is 366 g/mol. The van der Waals surface area contributed by atoms with Crippen molar-refractivity contribution in [3.05, 3.63) is 59.2 Å². The Morgan fingerprint density at radius 3 is 2.33 bits per heavy atom. The number of ether oxygens (including phenoxy) is 2. The average Bonchev–Trinajstić information content (AvgIpc) is 2.69. The lowest BCUT2D eigenvalue weighted by Gasteiger charge is -2.52. The topological polar surface area (TPSA) is 42.0 Å². The van der Waals surface area contributed by atoms with Gasteiger partial charge in [0, 0.05) is 25.6 Å². The highest BCUT2D eigenvalue weighted by molar-refractivity contribution is 5.78. The summed E-state index contributed by atoms with van der Waals surface area (Å²) >= 11 is 0.